The lowest BCUT2D eigenvalue weighted by atomic mass is 9.95. The van der Waals surface area contributed by atoms with Gasteiger partial charge in [0.25, 0.3) is 11.8 Å². The van der Waals surface area contributed by atoms with Crippen molar-refractivity contribution in [1.29, 1.82) is 0 Å². The van der Waals surface area contributed by atoms with Crippen LogP contribution in [0.3, 0.4) is 0 Å². The molecule has 1 saturated carbocycles. The van der Waals surface area contributed by atoms with Crippen LogP contribution in [0.4, 0.5) is 5.69 Å². The van der Waals surface area contributed by atoms with Crippen LogP contribution in [0.1, 0.15) is 49.4 Å². The molecule has 0 bridgehead atoms. The maximum absolute atomic E-state index is 12.8. The molecule has 31 heavy (non-hydrogen) atoms. The van der Waals surface area contributed by atoms with Crippen molar-refractivity contribution < 1.29 is 14.3 Å². The topological polar surface area (TPSA) is 67.4 Å². The van der Waals surface area contributed by atoms with Crippen LogP contribution >= 0.6 is 0 Å². The molecule has 1 aliphatic rings. The summed E-state index contributed by atoms with van der Waals surface area (Å²) in [6, 6.07) is 21.1. The summed E-state index contributed by atoms with van der Waals surface area (Å²) in [5.74, 6) is 0.182. The lowest BCUT2D eigenvalue weighted by Crippen LogP contribution is -2.37. The SMILES string of the molecule is C[C@@H](Oc1ccc2ccccc2c1)C(=O)Nc1ccccc1C(=O)NC1CCCCC1. The molecule has 0 spiro atoms. The largest absolute Gasteiger partial charge is 0.481 e. The van der Waals surface area contributed by atoms with Gasteiger partial charge in [-0.15, -0.1) is 0 Å². The third kappa shape index (κ3) is 5.23. The molecule has 0 aliphatic heterocycles. The number of amides is 2. The first-order valence-corrected chi connectivity index (χ1v) is 11.0. The molecule has 160 valence electrons. The van der Waals surface area contributed by atoms with Crippen LogP contribution in [0.15, 0.2) is 66.7 Å². The highest BCUT2D eigenvalue weighted by Gasteiger charge is 2.21. The van der Waals surface area contributed by atoms with Gasteiger partial charge in [-0.25, -0.2) is 0 Å². The van der Waals surface area contributed by atoms with Crippen molar-refractivity contribution in [3.63, 3.8) is 0 Å². The number of fused-ring (bicyclic) bond motifs is 1. The molecule has 4 rings (SSSR count). The number of hydrogen-bond donors (Lipinski definition) is 2. The first-order valence-electron chi connectivity index (χ1n) is 11.0. The minimum atomic E-state index is -0.712. The molecule has 0 radical (unpaired) electrons. The van der Waals surface area contributed by atoms with Gasteiger partial charge in [-0.3, -0.25) is 9.59 Å². The van der Waals surface area contributed by atoms with E-state index in [-0.39, 0.29) is 17.9 Å². The van der Waals surface area contributed by atoms with Crippen molar-refractivity contribution in [2.45, 2.75) is 51.2 Å². The van der Waals surface area contributed by atoms with Gasteiger partial charge in [-0.05, 0) is 54.8 Å². The Labute approximate surface area is 182 Å². The van der Waals surface area contributed by atoms with Gasteiger partial charge in [0, 0.05) is 6.04 Å². The summed E-state index contributed by atoms with van der Waals surface area (Å²) in [5, 5.41) is 8.14. The third-order valence-corrected chi connectivity index (χ3v) is 5.77. The van der Waals surface area contributed by atoms with Crippen molar-refractivity contribution in [2.75, 3.05) is 5.32 Å². The molecule has 0 unspecified atom stereocenters. The standard InChI is InChI=1S/C26H28N2O3/c1-18(31-22-16-15-19-9-5-6-10-20(19)17-22)25(29)28-24-14-8-7-13-23(24)26(30)27-21-11-3-2-4-12-21/h5-10,13-18,21H,2-4,11-12H2,1H3,(H,27,30)(H,28,29)/t18-/m1/s1. The highest BCUT2D eigenvalue weighted by atomic mass is 16.5. The van der Waals surface area contributed by atoms with Crippen LogP contribution in [0, 0.1) is 0 Å². The molecule has 2 N–H and O–H groups in total. The monoisotopic (exact) mass is 416 g/mol. The summed E-state index contributed by atoms with van der Waals surface area (Å²) in [7, 11) is 0. The van der Waals surface area contributed by atoms with E-state index in [1.165, 1.54) is 6.42 Å². The smallest absolute Gasteiger partial charge is 0.265 e. The van der Waals surface area contributed by atoms with Crippen LogP contribution < -0.4 is 15.4 Å². The average Bonchev–Trinajstić information content (AvgIpc) is 2.80. The molecule has 5 heteroatoms. The Morgan fingerprint density at radius 2 is 1.61 bits per heavy atom. The molecule has 0 heterocycles. The van der Waals surface area contributed by atoms with E-state index in [1.54, 1.807) is 25.1 Å². The van der Waals surface area contributed by atoms with Crippen LogP contribution in [0.2, 0.25) is 0 Å². The summed E-state index contributed by atoms with van der Waals surface area (Å²) < 4.78 is 5.87. The van der Waals surface area contributed by atoms with E-state index in [4.69, 9.17) is 4.74 Å². The number of benzene rings is 3. The zero-order valence-electron chi connectivity index (χ0n) is 17.8. The number of nitrogens with one attached hydrogen (secondary N) is 2. The van der Waals surface area contributed by atoms with Crippen LogP contribution in [0.25, 0.3) is 10.8 Å². The molecular formula is C26H28N2O3. The van der Waals surface area contributed by atoms with Gasteiger partial charge in [0.1, 0.15) is 5.75 Å². The summed E-state index contributed by atoms with van der Waals surface area (Å²) in [6.07, 6.45) is 4.83. The molecular weight excluding hydrogens is 388 g/mol. The highest BCUT2D eigenvalue weighted by molar-refractivity contribution is 6.04. The molecule has 3 aromatic rings. The van der Waals surface area contributed by atoms with Gasteiger partial charge in [0.05, 0.1) is 11.3 Å². The van der Waals surface area contributed by atoms with Crippen molar-refractivity contribution in [3.8, 4) is 5.75 Å². The molecule has 0 aromatic heterocycles. The van der Waals surface area contributed by atoms with Gasteiger partial charge in [0.15, 0.2) is 6.10 Å². The summed E-state index contributed by atoms with van der Waals surface area (Å²) in [6.45, 7) is 1.70. The maximum Gasteiger partial charge on any atom is 0.265 e. The van der Waals surface area contributed by atoms with Gasteiger partial charge in [-0.2, -0.15) is 0 Å². The van der Waals surface area contributed by atoms with Crippen molar-refractivity contribution in [1.82, 2.24) is 5.32 Å². The molecule has 0 saturated heterocycles. The predicted molar refractivity (Wildman–Crippen MR) is 123 cm³/mol. The quantitative estimate of drug-likeness (QED) is 0.572. The molecule has 1 fully saturated rings. The fourth-order valence-corrected chi connectivity index (χ4v) is 4.03. The Morgan fingerprint density at radius 1 is 0.903 bits per heavy atom. The van der Waals surface area contributed by atoms with E-state index in [0.29, 0.717) is 17.0 Å². The van der Waals surface area contributed by atoms with Gasteiger partial charge < -0.3 is 15.4 Å². The van der Waals surface area contributed by atoms with Crippen LogP contribution in [0.5, 0.6) is 5.75 Å². The number of carbonyl (C=O) groups excluding carboxylic acids is 2. The Hall–Kier alpha value is -3.34. The van der Waals surface area contributed by atoms with Crippen LogP contribution in [-0.2, 0) is 4.79 Å². The zero-order chi connectivity index (χ0) is 21.6. The van der Waals surface area contributed by atoms with E-state index in [0.717, 1.165) is 36.5 Å². The van der Waals surface area contributed by atoms with Gasteiger partial charge in [-0.1, -0.05) is 61.7 Å². The Balaban J connectivity index is 1.42. The van der Waals surface area contributed by atoms with E-state index >= 15 is 0 Å². The number of carbonyl (C=O) groups is 2. The lowest BCUT2D eigenvalue weighted by molar-refractivity contribution is -0.122. The first kappa shape index (κ1) is 20.9. The fraction of sp³-hybridized carbons (Fsp3) is 0.308. The lowest BCUT2D eigenvalue weighted by Gasteiger charge is -2.23. The Morgan fingerprint density at radius 3 is 2.42 bits per heavy atom. The second kappa shape index (κ2) is 9.65. The summed E-state index contributed by atoms with van der Waals surface area (Å²) >= 11 is 0. The van der Waals surface area contributed by atoms with Crippen LogP contribution in [-0.4, -0.2) is 24.0 Å². The minimum absolute atomic E-state index is 0.147. The molecule has 1 atom stereocenters. The number of anilines is 1. The van der Waals surface area contributed by atoms with E-state index in [1.807, 2.05) is 48.5 Å². The molecule has 3 aromatic carbocycles. The summed E-state index contributed by atoms with van der Waals surface area (Å²) in [5.41, 5.74) is 0.967. The Bertz CT molecular complexity index is 1070. The zero-order valence-corrected chi connectivity index (χ0v) is 17.8. The highest BCUT2D eigenvalue weighted by Crippen LogP contribution is 2.23. The van der Waals surface area contributed by atoms with Crippen molar-refractivity contribution in [2.24, 2.45) is 0 Å². The first-order chi connectivity index (χ1) is 15.1. The normalized spacial score (nSPS) is 15.3. The Kier molecular flexibility index (Phi) is 6.51. The fourth-order valence-electron chi connectivity index (χ4n) is 4.03. The van der Waals surface area contributed by atoms with E-state index in [2.05, 4.69) is 10.6 Å². The van der Waals surface area contributed by atoms with Crippen molar-refractivity contribution in [3.05, 3.63) is 72.3 Å². The molecule has 1 aliphatic carbocycles. The third-order valence-electron chi connectivity index (χ3n) is 5.77. The molecule has 2 amide bonds. The number of para-hydroxylation sites is 1. The predicted octanol–water partition coefficient (Wildman–Crippen LogP) is 5.31. The second-order valence-electron chi connectivity index (χ2n) is 8.11. The van der Waals surface area contributed by atoms with Crippen molar-refractivity contribution >= 4 is 28.3 Å². The second-order valence-corrected chi connectivity index (χ2v) is 8.11. The van der Waals surface area contributed by atoms with Gasteiger partial charge in [0.2, 0.25) is 0 Å². The van der Waals surface area contributed by atoms with E-state index in [9.17, 15) is 9.59 Å². The van der Waals surface area contributed by atoms with E-state index < -0.39 is 6.10 Å². The average molecular weight is 417 g/mol. The summed E-state index contributed by atoms with van der Waals surface area (Å²) in [4.78, 5) is 25.6. The number of rotatable bonds is 6. The maximum atomic E-state index is 12.8. The van der Waals surface area contributed by atoms with Gasteiger partial charge >= 0.3 is 0 Å². The number of ether oxygens (including phenoxy) is 1. The number of hydrogen-bond acceptors (Lipinski definition) is 3. The molecule has 5 nitrogen and oxygen atoms in total. The minimum Gasteiger partial charge on any atom is -0.481 e.